The Kier molecular flexibility index (Phi) is 6.00. The second kappa shape index (κ2) is 7.33. The van der Waals surface area contributed by atoms with Crippen molar-refractivity contribution < 1.29 is 13.5 Å². The van der Waals surface area contributed by atoms with Gasteiger partial charge in [0, 0.05) is 12.3 Å². The van der Waals surface area contributed by atoms with E-state index in [4.69, 9.17) is 0 Å². The second-order valence-electron chi connectivity index (χ2n) is 3.00. The minimum atomic E-state index is -2.78. The first-order valence-electron chi connectivity index (χ1n) is 5.09. The molecule has 5 heteroatoms. The van der Waals surface area contributed by atoms with E-state index in [1.807, 2.05) is 0 Å². The van der Waals surface area contributed by atoms with E-state index < -0.39 is 6.61 Å². The molecule has 0 atom stereocenters. The van der Waals surface area contributed by atoms with Crippen LogP contribution in [0.1, 0.15) is 6.92 Å². The van der Waals surface area contributed by atoms with Crippen molar-refractivity contribution in [3.63, 3.8) is 0 Å². The van der Waals surface area contributed by atoms with Crippen LogP contribution in [0.15, 0.2) is 24.3 Å². The van der Waals surface area contributed by atoms with Gasteiger partial charge in [-0.05, 0) is 17.9 Å². The average molecular weight is 247 g/mol. The maximum Gasteiger partial charge on any atom is 0.387 e. The highest BCUT2D eigenvalue weighted by molar-refractivity contribution is 7.99. The third-order valence-electron chi connectivity index (χ3n) is 1.87. The van der Waals surface area contributed by atoms with Gasteiger partial charge in [-0.3, -0.25) is 0 Å². The van der Waals surface area contributed by atoms with E-state index in [1.165, 1.54) is 6.07 Å². The Balaban J connectivity index is 2.50. The Labute approximate surface area is 98.4 Å². The Morgan fingerprint density at radius 1 is 1.38 bits per heavy atom. The predicted octanol–water partition coefficient (Wildman–Crippen LogP) is 3.45. The lowest BCUT2D eigenvalue weighted by atomic mass is 10.3. The van der Waals surface area contributed by atoms with Crippen molar-refractivity contribution in [1.29, 1.82) is 0 Å². The molecule has 0 saturated carbocycles. The summed E-state index contributed by atoms with van der Waals surface area (Å²) in [6, 6.07) is 6.72. The van der Waals surface area contributed by atoms with Crippen LogP contribution in [0.5, 0.6) is 5.75 Å². The summed E-state index contributed by atoms with van der Waals surface area (Å²) in [5, 5.41) is 3.07. The average Bonchev–Trinajstić information content (AvgIpc) is 2.26. The van der Waals surface area contributed by atoms with E-state index in [0.29, 0.717) is 5.69 Å². The molecule has 0 heterocycles. The second-order valence-corrected chi connectivity index (χ2v) is 4.39. The first-order valence-corrected chi connectivity index (χ1v) is 6.25. The van der Waals surface area contributed by atoms with E-state index in [2.05, 4.69) is 17.0 Å². The summed E-state index contributed by atoms with van der Waals surface area (Å²) in [6.45, 7) is 0.0358. The van der Waals surface area contributed by atoms with Gasteiger partial charge in [0.25, 0.3) is 0 Å². The minimum absolute atomic E-state index is 0.194. The van der Waals surface area contributed by atoms with Crippen LogP contribution in [0.3, 0.4) is 0 Å². The number of alkyl halides is 2. The molecule has 2 nitrogen and oxygen atoms in total. The molecule has 1 aromatic rings. The quantitative estimate of drug-likeness (QED) is 0.746. The minimum Gasteiger partial charge on any atom is -0.433 e. The van der Waals surface area contributed by atoms with Crippen molar-refractivity contribution in [3.8, 4) is 5.75 Å². The number of anilines is 1. The molecule has 0 fully saturated rings. The molecule has 0 aromatic heterocycles. The molecule has 0 amide bonds. The van der Waals surface area contributed by atoms with Gasteiger partial charge in [-0.1, -0.05) is 19.1 Å². The number of hydrogen-bond acceptors (Lipinski definition) is 3. The van der Waals surface area contributed by atoms with Crippen LogP contribution in [0.2, 0.25) is 0 Å². The lowest BCUT2D eigenvalue weighted by Crippen LogP contribution is -2.08. The number of benzene rings is 1. The normalized spacial score (nSPS) is 10.5. The fourth-order valence-electron chi connectivity index (χ4n) is 1.21. The molecule has 1 rings (SSSR count). The van der Waals surface area contributed by atoms with Gasteiger partial charge in [-0.15, -0.1) is 0 Å². The number of nitrogens with one attached hydrogen (secondary N) is 1. The number of thioether (sulfide) groups is 1. The zero-order chi connectivity index (χ0) is 11.8. The molecule has 0 radical (unpaired) electrons. The fraction of sp³-hybridized carbons (Fsp3) is 0.455. The van der Waals surface area contributed by atoms with Crippen LogP contribution in [-0.2, 0) is 0 Å². The smallest absolute Gasteiger partial charge is 0.387 e. The highest BCUT2D eigenvalue weighted by Gasteiger charge is 2.07. The van der Waals surface area contributed by atoms with Crippen LogP contribution in [0.25, 0.3) is 0 Å². The summed E-state index contributed by atoms with van der Waals surface area (Å²) in [5.74, 6) is 2.19. The van der Waals surface area contributed by atoms with E-state index >= 15 is 0 Å². The Hall–Kier alpha value is -0.970. The molecule has 0 bridgehead atoms. The van der Waals surface area contributed by atoms with Crippen LogP contribution < -0.4 is 10.1 Å². The van der Waals surface area contributed by atoms with Gasteiger partial charge in [-0.25, -0.2) is 0 Å². The molecule has 90 valence electrons. The summed E-state index contributed by atoms with van der Waals surface area (Å²) in [4.78, 5) is 0. The largest absolute Gasteiger partial charge is 0.433 e. The van der Waals surface area contributed by atoms with Crippen molar-refractivity contribution in [2.75, 3.05) is 23.4 Å². The van der Waals surface area contributed by atoms with Crippen molar-refractivity contribution in [2.45, 2.75) is 13.5 Å². The van der Waals surface area contributed by atoms with Gasteiger partial charge in [0.05, 0.1) is 5.69 Å². The van der Waals surface area contributed by atoms with Crippen molar-refractivity contribution >= 4 is 17.4 Å². The topological polar surface area (TPSA) is 21.3 Å². The van der Waals surface area contributed by atoms with Gasteiger partial charge >= 0.3 is 6.61 Å². The summed E-state index contributed by atoms with van der Waals surface area (Å²) >= 11 is 1.80. The van der Waals surface area contributed by atoms with Crippen LogP contribution in [0, 0.1) is 0 Å². The van der Waals surface area contributed by atoms with Gasteiger partial charge in [-0.2, -0.15) is 20.5 Å². The molecular formula is C11H15F2NOS. The monoisotopic (exact) mass is 247 g/mol. The fourth-order valence-corrected chi connectivity index (χ4v) is 1.75. The number of halogens is 2. The summed E-state index contributed by atoms with van der Waals surface area (Å²) in [7, 11) is 0. The van der Waals surface area contributed by atoms with Gasteiger partial charge in [0.15, 0.2) is 0 Å². The van der Waals surface area contributed by atoms with Crippen LogP contribution >= 0.6 is 11.8 Å². The molecule has 1 N–H and O–H groups in total. The number of rotatable bonds is 7. The molecule has 1 aromatic carbocycles. The number of para-hydroxylation sites is 2. The van der Waals surface area contributed by atoms with E-state index in [-0.39, 0.29) is 5.75 Å². The third kappa shape index (κ3) is 4.70. The van der Waals surface area contributed by atoms with Crippen LogP contribution in [0.4, 0.5) is 14.5 Å². The molecule has 0 aliphatic rings. The van der Waals surface area contributed by atoms with Gasteiger partial charge in [0.2, 0.25) is 0 Å². The van der Waals surface area contributed by atoms with Gasteiger partial charge < -0.3 is 10.1 Å². The first kappa shape index (κ1) is 13.1. The molecule has 16 heavy (non-hydrogen) atoms. The summed E-state index contributed by atoms with van der Waals surface area (Å²) in [6.07, 6.45) is 0. The maximum atomic E-state index is 12.1. The van der Waals surface area contributed by atoms with Crippen molar-refractivity contribution in [1.82, 2.24) is 0 Å². The van der Waals surface area contributed by atoms with Gasteiger partial charge in [0.1, 0.15) is 5.75 Å². The Morgan fingerprint density at radius 2 is 2.12 bits per heavy atom. The van der Waals surface area contributed by atoms with E-state index in [1.54, 1.807) is 30.0 Å². The number of ether oxygens (including phenoxy) is 1. The predicted molar refractivity (Wildman–Crippen MR) is 64.6 cm³/mol. The lowest BCUT2D eigenvalue weighted by molar-refractivity contribution is -0.0493. The Bertz CT molecular complexity index is 310. The van der Waals surface area contributed by atoms with Crippen molar-refractivity contribution in [2.24, 2.45) is 0 Å². The molecule has 0 spiro atoms. The molecule has 0 aliphatic carbocycles. The molecule has 0 unspecified atom stereocenters. The summed E-state index contributed by atoms with van der Waals surface area (Å²) < 4.78 is 28.6. The maximum absolute atomic E-state index is 12.1. The lowest BCUT2D eigenvalue weighted by Gasteiger charge is -2.12. The molecule has 0 saturated heterocycles. The highest BCUT2D eigenvalue weighted by atomic mass is 32.2. The standard InChI is InChI=1S/C11H15F2NOS/c1-2-16-8-7-14-9-5-3-4-6-10(9)15-11(12)13/h3-6,11,14H,2,7-8H2,1H3. The highest BCUT2D eigenvalue weighted by Crippen LogP contribution is 2.25. The zero-order valence-corrected chi connectivity index (χ0v) is 9.90. The first-order chi connectivity index (χ1) is 7.74. The van der Waals surface area contributed by atoms with E-state index in [9.17, 15) is 8.78 Å². The molecule has 0 aliphatic heterocycles. The van der Waals surface area contributed by atoms with Crippen LogP contribution in [-0.4, -0.2) is 24.7 Å². The zero-order valence-electron chi connectivity index (χ0n) is 9.08. The number of hydrogen-bond donors (Lipinski definition) is 1. The SMILES string of the molecule is CCSCCNc1ccccc1OC(F)F. The van der Waals surface area contributed by atoms with E-state index in [0.717, 1.165) is 18.1 Å². The summed E-state index contributed by atoms with van der Waals surface area (Å²) in [5.41, 5.74) is 0.611. The molecular weight excluding hydrogens is 232 g/mol. The third-order valence-corrected chi connectivity index (χ3v) is 2.77. The van der Waals surface area contributed by atoms with Crippen molar-refractivity contribution in [3.05, 3.63) is 24.3 Å². The Morgan fingerprint density at radius 3 is 2.81 bits per heavy atom.